The maximum Gasteiger partial charge on any atom is 0.222 e. The number of nitrogens with zero attached hydrogens (tertiary/aromatic N) is 2. The Morgan fingerprint density at radius 3 is 2.50 bits per heavy atom. The Morgan fingerprint density at radius 2 is 2.50 bits per heavy atom. The van der Waals surface area contributed by atoms with Crippen molar-refractivity contribution < 1.29 is 4.79 Å². The van der Waals surface area contributed by atoms with E-state index in [1.807, 2.05) is 0 Å². The van der Waals surface area contributed by atoms with Crippen molar-refractivity contribution in [2.75, 3.05) is 7.05 Å². The van der Waals surface area contributed by atoms with E-state index in [1.54, 1.807) is 6.19 Å². The molecular weight excluding hydrogens is 80.0 g/mol. The van der Waals surface area contributed by atoms with Crippen molar-refractivity contribution in [1.82, 2.24) is 4.90 Å². The first-order valence-corrected chi connectivity index (χ1v) is 1.39. The summed E-state index contributed by atoms with van der Waals surface area (Å²) in [5, 5.41) is 7.78. The lowest BCUT2D eigenvalue weighted by Gasteiger charge is -1.88. The molecule has 6 heavy (non-hydrogen) atoms. The van der Waals surface area contributed by atoms with E-state index in [0.29, 0.717) is 6.41 Å². The van der Waals surface area contributed by atoms with E-state index in [2.05, 4.69) is 0 Å². The van der Waals surface area contributed by atoms with Gasteiger partial charge in [-0.15, -0.1) is 0 Å². The minimum atomic E-state index is 0.444. The van der Waals surface area contributed by atoms with Gasteiger partial charge in [0.05, 0.1) is 0 Å². The Kier molecular flexibility index (Phi) is 1.83. The summed E-state index contributed by atoms with van der Waals surface area (Å²) < 4.78 is 0. The molecular formula is C3H4N2O. The number of carbonyl (C=O) groups excluding carboxylic acids is 1. The van der Waals surface area contributed by atoms with Gasteiger partial charge in [-0.05, 0) is 0 Å². The smallest absolute Gasteiger partial charge is 0.222 e. The number of hydrogen-bond acceptors (Lipinski definition) is 2. The fraction of sp³-hybridized carbons (Fsp3) is 0.333. The number of nitriles is 1. The Labute approximate surface area is 35.8 Å². The van der Waals surface area contributed by atoms with E-state index in [0.717, 1.165) is 4.90 Å². The number of amides is 1. The van der Waals surface area contributed by atoms with Crippen molar-refractivity contribution in [3.63, 3.8) is 0 Å². The predicted octanol–water partition coefficient (Wildman–Crippen LogP) is -0.444. The molecule has 0 saturated carbocycles. The summed E-state index contributed by atoms with van der Waals surface area (Å²) in [5.74, 6) is 0. The van der Waals surface area contributed by atoms with E-state index >= 15 is 0 Å². The van der Waals surface area contributed by atoms with Gasteiger partial charge in [-0.3, -0.25) is 9.69 Å². The molecule has 0 atom stereocenters. The summed E-state index contributed by atoms with van der Waals surface area (Å²) in [6.45, 7) is 0. The highest BCUT2D eigenvalue weighted by Crippen LogP contribution is 1.60. The highest BCUT2D eigenvalue weighted by Gasteiger charge is 1.78. The van der Waals surface area contributed by atoms with Gasteiger partial charge in [0, 0.05) is 7.05 Å². The molecule has 0 aromatic carbocycles. The third kappa shape index (κ3) is 1.30. The molecule has 3 heteroatoms. The van der Waals surface area contributed by atoms with Gasteiger partial charge < -0.3 is 0 Å². The van der Waals surface area contributed by atoms with Crippen LogP contribution in [-0.2, 0) is 4.79 Å². The predicted molar refractivity (Wildman–Crippen MR) is 19.4 cm³/mol. The molecule has 0 aromatic rings. The molecule has 0 fully saturated rings. The third-order valence-electron chi connectivity index (χ3n) is 0.316. The standard InChI is InChI=1S/C3H4N2O/c1-5(2-4)3-6/h3H,1H3. The molecule has 0 rings (SSSR count). The van der Waals surface area contributed by atoms with Gasteiger partial charge in [0.2, 0.25) is 6.41 Å². The first kappa shape index (κ1) is 4.96. The van der Waals surface area contributed by atoms with Crippen molar-refractivity contribution in [1.29, 1.82) is 5.26 Å². The second-order valence-corrected chi connectivity index (χ2v) is 0.816. The summed E-state index contributed by atoms with van der Waals surface area (Å²) in [7, 11) is 1.38. The number of carbonyl (C=O) groups is 1. The largest absolute Gasteiger partial charge is 0.278 e. The van der Waals surface area contributed by atoms with Crippen LogP contribution in [0.5, 0.6) is 0 Å². The zero-order valence-electron chi connectivity index (χ0n) is 3.38. The Bertz CT molecular complexity index is 83.3. The molecule has 32 valence electrons. The summed E-state index contributed by atoms with van der Waals surface area (Å²) >= 11 is 0. The lowest BCUT2D eigenvalue weighted by Crippen LogP contribution is -2.05. The van der Waals surface area contributed by atoms with Gasteiger partial charge in [0.15, 0.2) is 6.19 Å². The molecule has 1 amide bonds. The number of rotatable bonds is 1. The molecule has 0 aliphatic carbocycles. The molecule has 0 aliphatic rings. The van der Waals surface area contributed by atoms with Crippen LogP contribution in [0.15, 0.2) is 0 Å². The monoisotopic (exact) mass is 84.0 g/mol. The zero-order chi connectivity index (χ0) is 4.99. The molecule has 0 heterocycles. The van der Waals surface area contributed by atoms with Crippen LogP contribution in [0.2, 0.25) is 0 Å². The van der Waals surface area contributed by atoms with Crippen LogP contribution in [0.25, 0.3) is 0 Å². The van der Waals surface area contributed by atoms with E-state index in [9.17, 15) is 4.79 Å². The Hall–Kier alpha value is -1.04. The van der Waals surface area contributed by atoms with Gasteiger partial charge in [0.1, 0.15) is 0 Å². The normalized spacial score (nSPS) is 6.00. The van der Waals surface area contributed by atoms with E-state index in [4.69, 9.17) is 5.26 Å². The molecule has 0 aliphatic heterocycles. The van der Waals surface area contributed by atoms with Gasteiger partial charge in [0.25, 0.3) is 0 Å². The van der Waals surface area contributed by atoms with E-state index < -0.39 is 0 Å². The number of hydrogen-bond donors (Lipinski definition) is 0. The molecule has 3 nitrogen and oxygen atoms in total. The lowest BCUT2D eigenvalue weighted by molar-refractivity contribution is -0.114. The molecule has 0 aromatic heterocycles. The maximum absolute atomic E-state index is 9.44. The lowest BCUT2D eigenvalue weighted by atomic mass is 11.0. The van der Waals surface area contributed by atoms with Crippen molar-refractivity contribution in [3.8, 4) is 6.19 Å². The Balaban J connectivity index is 3.30. The van der Waals surface area contributed by atoms with Crippen LogP contribution in [0.1, 0.15) is 0 Å². The summed E-state index contributed by atoms with van der Waals surface area (Å²) in [6.07, 6.45) is 2.02. The molecule has 0 spiro atoms. The molecule has 0 saturated heterocycles. The highest BCUT2D eigenvalue weighted by atomic mass is 16.1. The van der Waals surface area contributed by atoms with Crippen molar-refractivity contribution in [3.05, 3.63) is 0 Å². The van der Waals surface area contributed by atoms with Crippen LogP contribution >= 0.6 is 0 Å². The fourth-order valence-electron chi connectivity index (χ4n) is 0.0236. The van der Waals surface area contributed by atoms with E-state index in [1.165, 1.54) is 7.05 Å². The summed E-state index contributed by atoms with van der Waals surface area (Å²) in [5.41, 5.74) is 0. The molecule has 0 unspecified atom stereocenters. The Morgan fingerprint density at radius 1 is 2.00 bits per heavy atom. The van der Waals surface area contributed by atoms with Gasteiger partial charge in [-0.25, -0.2) is 0 Å². The maximum atomic E-state index is 9.44. The zero-order valence-corrected chi connectivity index (χ0v) is 3.38. The van der Waals surface area contributed by atoms with Crippen LogP contribution < -0.4 is 0 Å². The third-order valence-corrected chi connectivity index (χ3v) is 0.316. The van der Waals surface area contributed by atoms with Crippen molar-refractivity contribution in [2.45, 2.75) is 0 Å². The summed E-state index contributed by atoms with van der Waals surface area (Å²) in [6, 6.07) is 0. The van der Waals surface area contributed by atoms with Gasteiger partial charge in [-0.1, -0.05) is 0 Å². The minimum absolute atomic E-state index is 0.444. The van der Waals surface area contributed by atoms with E-state index in [-0.39, 0.29) is 0 Å². The highest BCUT2D eigenvalue weighted by molar-refractivity contribution is 5.48. The summed E-state index contributed by atoms with van der Waals surface area (Å²) in [4.78, 5) is 10.3. The molecule has 0 radical (unpaired) electrons. The van der Waals surface area contributed by atoms with Crippen molar-refractivity contribution >= 4 is 6.41 Å². The topological polar surface area (TPSA) is 44.1 Å². The fourth-order valence-corrected chi connectivity index (χ4v) is 0.0236. The van der Waals surface area contributed by atoms with Crippen LogP contribution in [0.3, 0.4) is 0 Å². The first-order valence-electron chi connectivity index (χ1n) is 1.39. The van der Waals surface area contributed by atoms with Crippen LogP contribution in [0, 0.1) is 11.5 Å². The molecule has 0 N–H and O–H groups in total. The first-order chi connectivity index (χ1) is 2.81. The van der Waals surface area contributed by atoms with Crippen LogP contribution in [0.4, 0.5) is 0 Å². The quantitative estimate of drug-likeness (QED) is 0.245. The van der Waals surface area contributed by atoms with Gasteiger partial charge in [-0.2, -0.15) is 5.26 Å². The second-order valence-electron chi connectivity index (χ2n) is 0.816. The second kappa shape index (κ2) is 2.21. The molecule has 0 bridgehead atoms. The average Bonchev–Trinajstić information content (AvgIpc) is 1.65. The average molecular weight is 84.1 g/mol. The van der Waals surface area contributed by atoms with Gasteiger partial charge >= 0.3 is 0 Å². The SMILES string of the molecule is CN(C#N)C=O. The minimum Gasteiger partial charge on any atom is -0.278 e. The van der Waals surface area contributed by atoms with Crippen LogP contribution in [-0.4, -0.2) is 18.4 Å². The van der Waals surface area contributed by atoms with Crippen molar-refractivity contribution in [2.24, 2.45) is 0 Å².